The minimum absolute atomic E-state index is 0.0685. The normalized spacial score (nSPS) is 12.0. The zero-order valence-electron chi connectivity index (χ0n) is 11.6. The van der Waals surface area contributed by atoms with Gasteiger partial charge in [-0.15, -0.1) is 0 Å². The minimum atomic E-state index is -0.672. The Bertz CT molecular complexity index is 688. The molecular weight excluding hydrogens is 312 g/mol. The Balaban J connectivity index is 2.22. The molecule has 0 fully saturated rings. The zero-order chi connectivity index (χ0) is 15.6. The maximum Gasteiger partial charge on any atom is 0.253 e. The van der Waals surface area contributed by atoms with E-state index < -0.39 is 11.7 Å². The van der Waals surface area contributed by atoms with E-state index in [4.69, 9.17) is 23.2 Å². The van der Waals surface area contributed by atoms with Crippen molar-refractivity contribution in [2.75, 3.05) is 0 Å². The molecule has 0 radical (unpaired) electrons. The van der Waals surface area contributed by atoms with Crippen molar-refractivity contribution in [3.05, 3.63) is 69.0 Å². The highest BCUT2D eigenvalue weighted by molar-refractivity contribution is 6.36. The van der Waals surface area contributed by atoms with Gasteiger partial charge in [-0.1, -0.05) is 47.5 Å². The summed E-state index contributed by atoms with van der Waals surface area (Å²) in [6.07, 6.45) is 0. The summed E-state index contributed by atoms with van der Waals surface area (Å²) < 4.78 is 13.5. The van der Waals surface area contributed by atoms with Gasteiger partial charge >= 0.3 is 0 Å². The van der Waals surface area contributed by atoms with Crippen LogP contribution in [0, 0.1) is 12.7 Å². The second kappa shape index (κ2) is 6.46. The highest BCUT2D eigenvalue weighted by Crippen LogP contribution is 2.25. The first-order valence-electron chi connectivity index (χ1n) is 6.41. The molecule has 1 N–H and O–H groups in total. The number of benzene rings is 2. The van der Waals surface area contributed by atoms with E-state index in [0.29, 0.717) is 0 Å². The molecule has 0 bridgehead atoms. The molecule has 110 valence electrons. The molecule has 2 aromatic rings. The van der Waals surface area contributed by atoms with E-state index in [0.717, 1.165) is 17.2 Å². The van der Waals surface area contributed by atoms with E-state index in [1.807, 2.05) is 38.1 Å². The summed E-state index contributed by atoms with van der Waals surface area (Å²) in [6, 6.07) is 9.79. The van der Waals surface area contributed by atoms with Gasteiger partial charge in [0.05, 0.1) is 21.7 Å². The van der Waals surface area contributed by atoms with Crippen LogP contribution in [0.5, 0.6) is 0 Å². The van der Waals surface area contributed by atoms with Crippen LogP contribution in [0.1, 0.15) is 34.5 Å². The second-order valence-electron chi connectivity index (χ2n) is 4.80. The first kappa shape index (κ1) is 15.8. The highest BCUT2D eigenvalue weighted by atomic mass is 35.5. The van der Waals surface area contributed by atoms with E-state index >= 15 is 0 Å². The maximum absolute atomic E-state index is 13.5. The largest absolute Gasteiger partial charge is 0.345 e. The standard InChI is InChI=1S/C16H14Cl2FNO/c1-9-5-3-4-6-11(9)10(2)20-16(21)12-7-15(19)14(18)8-13(12)17/h3-8,10H,1-2H3,(H,20,21)/t10-/m0/s1. The number of halogens is 3. The molecule has 0 saturated carbocycles. The van der Waals surface area contributed by atoms with Crippen molar-refractivity contribution in [1.82, 2.24) is 5.32 Å². The molecule has 0 aliphatic carbocycles. The molecule has 2 aromatic carbocycles. The maximum atomic E-state index is 13.5. The zero-order valence-corrected chi connectivity index (χ0v) is 13.1. The lowest BCUT2D eigenvalue weighted by atomic mass is 10.0. The second-order valence-corrected chi connectivity index (χ2v) is 5.61. The monoisotopic (exact) mass is 325 g/mol. The van der Waals surface area contributed by atoms with Crippen LogP contribution in [0.2, 0.25) is 10.0 Å². The number of carbonyl (C=O) groups excluding carboxylic acids is 1. The van der Waals surface area contributed by atoms with Crippen molar-refractivity contribution < 1.29 is 9.18 Å². The van der Waals surface area contributed by atoms with Gasteiger partial charge in [0.2, 0.25) is 0 Å². The Morgan fingerprint density at radius 3 is 2.52 bits per heavy atom. The van der Waals surface area contributed by atoms with Crippen molar-refractivity contribution in [3.63, 3.8) is 0 Å². The lowest BCUT2D eigenvalue weighted by Gasteiger charge is -2.17. The molecule has 0 spiro atoms. The van der Waals surface area contributed by atoms with Crippen LogP contribution < -0.4 is 5.32 Å². The van der Waals surface area contributed by atoms with Crippen molar-refractivity contribution in [2.45, 2.75) is 19.9 Å². The lowest BCUT2D eigenvalue weighted by Crippen LogP contribution is -2.27. The molecule has 2 rings (SSSR count). The van der Waals surface area contributed by atoms with Gasteiger partial charge < -0.3 is 5.32 Å². The summed E-state index contributed by atoms with van der Waals surface area (Å²) in [5, 5.41) is 2.82. The molecule has 21 heavy (non-hydrogen) atoms. The first-order valence-corrected chi connectivity index (χ1v) is 7.16. The fourth-order valence-corrected chi connectivity index (χ4v) is 2.59. The third-order valence-electron chi connectivity index (χ3n) is 3.26. The van der Waals surface area contributed by atoms with Crippen LogP contribution in [-0.4, -0.2) is 5.91 Å². The number of aryl methyl sites for hydroxylation is 1. The number of nitrogens with one attached hydrogen (secondary N) is 1. The molecule has 1 atom stereocenters. The summed E-state index contributed by atoms with van der Waals surface area (Å²) >= 11 is 11.6. The molecule has 0 heterocycles. The van der Waals surface area contributed by atoms with Crippen molar-refractivity contribution >= 4 is 29.1 Å². The van der Waals surface area contributed by atoms with Gasteiger partial charge in [-0.2, -0.15) is 0 Å². The van der Waals surface area contributed by atoms with Gasteiger partial charge in [0.1, 0.15) is 5.82 Å². The number of hydrogen-bond acceptors (Lipinski definition) is 1. The van der Waals surface area contributed by atoms with Crippen LogP contribution in [-0.2, 0) is 0 Å². The highest BCUT2D eigenvalue weighted by Gasteiger charge is 2.17. The Labute approximate surface area is 132 Å². The predicted molar refractivity (Wildman–Crippen MR) is 83.5 cm³/mol. The van der Waals surface area contributed by atoms with Crippen molar-refractivity contribution in [3.8, 4) is 0 Å². The number of amides is 1. The fraction of sp³-hybridized carbons (Fsp3) is 0.188. The van der Waals surface area contributed by atoms with Gasteiger partial charge in [0.25, 0.3) is 5.91 Å². The van der Waals surface area contributed by atoms with Crippen molar-refractivity contribution in [1.29, 1.82) is 0 Å². The smallest absolute Gasteiger partial charge is 0.253 e. The Hall–Kier alpha value is -1.58. The topological polar surface area (TPSA) is 29.1 Å². The molecule has 5 heteroatoms. The number of rotatable bonds is 3. The van der Waals surface area contributed by atoms with Gasteiger partial charge in [0.15, 0.2) is 0 Å². The number of carbonyl (C=O) groups is 1. The molecule has 0 unspecified atom stereocenters. The summed E-state index contributed by atoms with van der Waals surface area (Å²) in [6.45, 7) is 3.83. The van der Waals surface area contributed by atoms with E-state index in [1.54, 1.807) is 0 Å². The van der Waals surface area contributed by atoms with E-state index in [-0.39, 0.29) is 21.7 Å². The average molecular weight is 326 g/mol. The van der Waals surface area contributed by atoms with Crippen LogP contribution in [0.15, 0.2) is 36.4 Å². The summed E-state index contributed by atoms with van der Waals surface area (Å²) in [7, 11) is 0. The third-order valence-corrected chi connectivity index (χ3v) is 3.86. The molecule has 1 amide bonds. The van der Waals surface area contributed by atoms with E-state index in [2.05, 4.69) is 5.32 Å². The molecule has 0 aromatic heterocycles. The third kappa shape index (κ3) is 3.55. The molecule has 0 aliphatic rings. The summed E-state index contributed by atoms with van der Waals surface area (Å²) in [5.74, 6) is -1.11. The molecule has 0 aliphatic heterocycles. The summed E-state index contributed by atoms with van der Waals surface area (Å²) in [4.78, 5) is 12.2. The van der Waals surface area contributed by atoms with Crippen molar-refractivity contribution in [2.24, 2.45) is 0 Å². The van der Waals surface area contributed by atoms with Crippen LogP contribution >= 0.6 is 23.2 Å². The van der Waals surface area contributed by atoms with Gasteiger partial charge in [-0.25, -0.2) is 4.39 Å². The molecule has 2 nitrogen and oxygen atoms in total. The minimum Gasteiger partial charge on any atom is -0.345 e. The fourth-order valence-electron chi connectivity index (χ4n) is 2.12. The summed E-state index contributed by atoms with van der Waals surface area (Å²) in [5.41, 5.74) is 2.13. The van der Waals surface area contributed by atoms with E-state index in [1.165, 1.54) is 6.07 Å². The average Bonchev–Trinajstić information content (AvgIpc) is 2.43. The first-order chi connectivity index (χ1) is 9.90. The Morgan fingerprint density at radius 1 is 1.19 bits per heavy atom. The van der Waals surface area contributed by atoms with Gasteiger partial charge in [0, 0.05) is 0 Å². The Kier molecular flexibility index (Phi) is 4.86. The quantitative estimate of drug-likeness (QED) is 0.796. The van der Waals surface area contributed by atoms with Gasteiger partial charge in [-0.3, -0.25) is 4.79 Å². The SMILES string of the molecule is Cc1ccccc1[C@H](C)NC(=O)c1cc(F)c(Cl)cc1Cl. The van der Waals surface area contributed by atoms with Gasteiger partial charge in [-0.05, 0) is 37.1 Å². The van der Waals surface area contributed by atoms with Crippen LogP contribution in [0.25, 0.3) is 0 Å². The predicted octanol–water partition coefficient (Wildman–Crippen LogP) is 4.93. The van der Waals surface area contributed by atoms with Crippen LogP contribution in [0.4, 0.5) is 4.39 Å². The Morgan fingerprint density at radius 2 is 1.86 bits per heavy atom. The molecule has 0 saturated heterocycles. The van der Waals surface area contributed by atoms with E-state index in [9.17, 15) is 9.18 Å². The lowest BCUT2D eigenvalue weighted by molar-refractivity contribution is 0.0939. The van der Waals surface area contributed by atoms with Crippen LogP contribution in [0.3, 0.4) is 0 Å². The molecular formula is C16H14Cl2FNO. The number of hydrogen-bond donors (Lipinski definition) is 1.